The topological polar surface area (TPSA) is 0 Å². The van der Waals surface area contributed by atoms with E-state index in [0.717, 1.165) is 6.42 Å². The second-order valence-corrected chi connectivity index (χ2v) is 15.4. The summed E-state index contributed by atoms with van der Waals surface area (Å²) in [7, 11) is 0. The number of allylic oxidation sites excluding steroid dienone is 4. The molecule has 0 N–H and O–H groups in total. The van der Waals surface area contributed by atoms with E-state index in [4.69, 9.17) is 0 Å². The van der Waals surface area contributed by atoms with E-state index in [0.29, 0.717) is 5.92 Å². The minimum Gasteiger partial charge on any atom is -1.00 e. The quantitative estimate of drug-likeness (QED) is 0.279. The van der Waals surface area contributed by atoms with Crippen molar-refractivity contribution in [1.82, 2.24) is 0 Å². The predicted octanol–water partition coefficient (Wildman–Crippen LogP) is 3.55. The molecule has 2 aromatic carbocycles. The zero-order chi connectivity index (χ0) is 26.7. The molecule has 1 heterocycles. The summed E-state index contributed by atoms with van der Waals surface area (Å²) >= 11 is 3.34. The summed E-state index contributed by atoms with van der Waals surface area (Å²) in [6.07, 6.45) is 8.59. The second-order valence-electron chi connectivity index (χ2n) is 12.0. The van der Waals surface area contributed by atoms with Crippen LogP contribution in [0.25, 0.3) is 16.7 Å². The molecule has 0 nitrogen and oxygen atoms in total. The van der Waals surface area contributed by atoms with Crippen LogP contribution in [0.15, 0.2) is 60.0 Å². The number of halogens is 2. The Bertz CT molecular complexity index is 1200. The van der Waals surface area contributed by atoms with Gasteiger partial charge >= 0.3 is 41.3 Å². The van der Waals surface area contributed by atoms with E-state index >= 15 is 0 Å². The van der Waals surface area contributed by atoms with E-state index < -0.39 is 0 Å². The molecule has 2 aliphatic carbocycles. The molecule has 0 saturated carbocycles. The van der Waals surface area contributed by atoms with Gasteiger partial charge in [0.15, 0.2) is 0 Å². The number of thiophene rings is 1. The van der Waals surface area contributed by atoms with Crippen molar-refractivity contribution in [3.05, 3.63) is 99.3 Å². The zero-order valence-electron chi connectivity index (χ0n) is 24.2. The average molecular weight is 643 g/mol. The van der Waals surface area contributed by atoms with Crippen molar-refractivity contribution in [1.29, 1.82) is 0 Å². The third-order valence-electron chi connectivity index (χ3n) is 6.20. The van der Waals surface area contributed by atoms with Gasteiger partial charge in [0.25, 0.3) is 0 Å². The first-order valence-electron chi connectivity index (χ1n) is 12.8. The number of hydrogen-bond donors (Lipinski definition) is 0. The Kier molecular flexibility index (Phi) is 13.4. The molecule has 5 rings (SSSR count). The van der Waals surface area contributed by atoms with Crippen LogP contribution in [-0.2, 0) is 41.5 Å². The van der Waals surface area contributed by atoms with Crippen LogP contribution in [0.3, 0.4) is 0 Å². The predicted molar refractivity (Wildman–Crippen MR) is 157 cm³/mol. The van der Waals surface area contributed by atoms with Gasteiger partial charge in [-0.1, -0.05) is 90.3 Å². The minimum absolute atomic E-state index is 0. The molecule has 3 aromatic rings. The third kappa shape index (κ3) is 9.55. The molecule has 0 aliphatic heterocycles. The second kappa shape index (κ2) is 14.5. The summed E-state index contributed by atoms with van der Waals surface area (Å²) in [4.78, 5) is 1.35. The molecule has 2 aliphatic rings. The van der Waals surface area contributed by atoms with Gasteiger partial charge < -0.3 is 24.8 Å². The van der Waals surface area contributed by atoms with Gasteiger partial charge in [-0.3, -0.25) is 6.08 Å². The van der Waals surface area contributed by atoms with Crippen LogP contribution in [0.4, 0.5) is 0 Å². The van der Waals surface area contributed by atoms with E-state index in [-0.39, 0.29) is 35.6 Å². The molecule has 0 saturated heterocycles. The van der Waals surface area contributed by atoms with Gasteiger partial charge in [0.1, 0.15) is 0 Å². The number of hydrogen-bond acceptors (Lipinski definition) is 1. The molecule has 1 atom stereocenters. The summed E-state index contributed by atoms with van der Waals surface area (Å²) in [5.74, 6) is 0.493. The fraction of sp³-hybridized carbons (Fsp3) is 0.382. The molecular weight excluding hydrogens is 603 g/mol. The molecule has 38 heavy (non-hydrogen) atoms. The Balaban J connectivity index is 0.000000358. The summed E-state index contributed by atoms with van der Waals surface area (Å²) in [6.45, 7) is 20.0. The molecule has 4 heteroatoms. The van der Waals surface area contributed by atoms with Gasteiger partial charge in [-0.2, -0.15) is 46.7 Å². The maximum absolute atomic E-state index is 3.67. The van der Waals surface area contributed by atoms with E-state index in [9.17, 15) is 0 Å². The van der Waals surface area contributed by atoms with Gasteiger partial charge in [0.2, 0.25) is 0 Å². The van der Waals surface area contributed by atoms with Crippen molar-refractivity contribution in [3.8, 4) is 11.1 Å². The zero-order valence-corrected chi connectivity index (χ0v) is 29.0. The number of benzene rings is 2. The van der Waals surface area contributed by atoms with Crippen LogP contribution >= 0.6 is 11.3 Å². The van der Waals surface area contributed by atoms with Crippen LogP contribution in [-0.4, -0.2) is 3.21 Å². The minimum atomic E-state index is 0. The van der Waals surface area contributed by atoms with Crippen molar-refractivity contribution in [3.63, 3.8) is 0 Å². The van der Waals surface area contributed by atoms with Crippen LogP contribution in [0.2, 0.25) is 0 Å². The molecule has 0 radical (unpaired) electrons. The standard InChI is InChI=1S/C21H25.C10H9S.C3H6.2ClH.Zr/c1-20(2,3)16-7-9-18-14(12-16)11-15-13-17(21(4,5)6)8-10-19(15)18;1-8-4-5-9(7-8)10-3-2-6-11-10;1-3-2;;;/h7-10,12H,11H2,1-6H3;2-3,5-8H,1H3;1-2H3;2*1H;/q2*-1;;;;+2/p-2. The summed E-state index contributed by atoms with van der Waals surface area (Å²) < 4.78 is 1.51. The molecular formula is C34H40Cl2SZr-2. The summed E-state index contributed by atoms with van der Waals surface area (Å²) in [5, 5.41) is 2.10. The normalized spacial score (nSPS) is 14.9. The molecule has 1 aromatic heterocycles. The van der Waals surface area contributed by atoms with Crippen LogP contribution in [0.5, 0.6) is 0 Å². The van der Waals surface area contributed by atoms with Crippen molar-refractivity contribution >= 4 is 20.1 Å². The Hall–Kier alpha value is -1.05. The summed E-state index contributed by atoms with van der Waals surface area (Å²) in [5.41, 5.74) is 10.0. The third-order valence-corrected chi connectivity index (χ3v) is 7.12. The summed E-state index contributed by atoms with van der Waals surface area (Å²) in [6, 6.07) is 19.4. The van der Waals surface area contributed by atoms with Crippen molar-refractivity contribution < 1.29 is 49.0 Å². The Morgan fingerprint density at radius 1 is 0.921 bits per heavy atom. The largest absolute Gasteiger partial charge is 1.00 e. The first-order chi connectivity index (χ1) is 16.8. The van der Waals surface area contributed by atoms with Gasteiger partial charge in [-0.25, -0.2) is 6.08 Å². The average Bonchev–Trinajstić information content (AvgIpc) is 3.51. The van der Waals surface area contributed by atoms with E-state index in [1.54, 1.807) is 35.6 Å². The van der Waals surface area contributed by atoms with Crippen LogP contribution in [0, 0.1) is 18.1 Å². The SMILES string of the molecule is CC(C)(C)c1[c-]c2c(cc1)-c1ccc(C(C)(C)C)cc1C2.CC1[C-]=CC(c2cccs2)=C1.C[C](C)=[Zr+2].[Cl-].[Cl-]. The van der Waals surface area contributed by atoms with Crippen molar-refractivity contribution in [2.24, 2.45) is 5.92 Å². The van der Waals surface area contributed by atoms with Gasteiger partial charge in [0.05, 0.1) is 0 Å². The van der Waals surface area contributed by atoms with Crippen molar-refractivity contribution in [2.45, 2.75) is 79.6 Å². The monoisotopic (exact) mass is 640 g/mol. The fourth-order valence-corrected chi connectivity index (χ4v) is 4.93. The fourth-order valence-electron chi connectivity index (χ4n) is 4.21. The smallest absolute Gasteiger partial charge is 1.00 e. The van der Waals surface area contributed by atoms with E-state index in [2.05, 4.69) is 134 Å². The van der Waals surface area contributed by atoms with Crippen LogP contribution < -0.4 is 24.8 Å². The maximum Gasteiger partial charge on any atom is -1.00 e. The number of rotatable bonds is 1. The molecule has 1 unspecified atom stereocenters. The molecule has 0 amide bonds. The molecule has 0 fully saturated rings. The molecule has 202 valence electrons. The Labute approximate surface area is 263 Å². The van der Waals surface area contributed by atoms with Gasteiger partial charge in [0, 0.05) is 0 Å². The Morgan fingerprint density at radius 3 is 2.05 bits per heavy atom. The first-order valence-corrected chi connectivity index (χ1v) is 14.9. The maximum atomic E-state index is 3.67. The van der Waals surface area contributed by atoms with Gasteiger partial charge in [-0.15, -0.1) is 11.1 Å². The Morgan fingerprint density at radius 2 is 1.55 bits per heavy atom. The first kappa shape index (κ1) is 35.0. The van der Waals surface area contributed by atoms with Crippen molar-refractivity contribution in [2.75, 3.05) is 0 Å². The van der Waals surface area contributed by atoms with E-state index in [1.165, 1.54) is 47.0 Å². The molecule has 0 bridgehead atoms. The van der Waals surface area contributed by atoms with Gasteiger partial charge in [-0.05, 0) is 38.6 Å². The molecule has 0 spiro atoms. The van der Waals surface area contributed by atoms with Crippen LogP contribution in [0.1, 0.15) is 89.4 Å². The number of fused-ring (bicyclic) bond motifs is 3. The van der Waals surface area contributed by atoms with E-state index in [1.807, 2.05) is 0 Å².